The standard InChI is InChI=1S/C27H22IN3O2/c28-20-9-6-18(7-10-20)15-25(33)31-27-24(14-17-4-2-1-3-5-17)29-26-22-12-11-21(32)16-19(22)8-13-23(26)30-27/h1-13,16,25,29,31,33H,14-15H2. The molecule has 0 spiro atoms. The third-order valence-electron chi connectivity index (χ3n) is 5.63. The van der Waals surface area contributed by atoms with Gasteiger partial charge >= 0.3 is 0 Å². The molecular formula is C27H22IN3O2. The molecule has 5 aromatic rings. The molecule has 33 heavy (non-hydrogen) atoms. The molecule has 6 heteroatoms. The van der Waals surface area contributed by atoms with Gasteiger partial charge in [0.2, 0.25) is 0 Å². The van der Waals surface area contributed by atoms with Crippen molar-refractivity contribution in [2.75, 3.05) is 5.32 Å². The third kappa shape index (κ3) is 4.91. The molecule has 1 atom stereocenters. The molecule has 0 aliphatic carbocycles. The molecular weight excluding hydrogens is 525 g/mol. The second-order valence-electron chi connectivity index (χ2n) is 8.06. The summed E-state index contributed by atoms with van der Waals surface area (Å²) in [4.78, 5) is 20.2. The van der Waals surface area contributed by atoms with E-state index in [1.807, 2.05) is 60.7 Å². The zero-order valence-electron chi connectivity index (χ0n) is 17.8. The molecule has 0 saturated heterocycles. The fourth-order valence-electron chi connectivity index (χ4n) is 4.02. The van der Waals surface area contributed by atoms with Crippen LogP contribution in [-0.2, 0) is 12.8 Å². The topological polar surface area (TPSA) is 78.0 Å². The number of nitrogens with one attached hydrogen (secondary N) is 2. The van der Waals surface area contributed by atoms with Gasteiger partial charge in [-0.2, -0.15) is 0 Å². The van der Waals surface area contributed by atoms with Crippen LogP contribution in [0, 0.1) is 3.57 Å². The van der Waals surface area contributed by atoms with Crippen LogP contribution in [0.2, 0.25) is 0 Å². The molecule has 164 valence electrons. The van der Waals surface area contributed by atoms with Crippen molar-refractivity contribution in [3.8, 4) is 0 Å². The Bertz CT molecular complexity index is 1480. The zero-order valence-corrected chi connectivity index (χ0v) is 19.9. The molecule has 0 amide bonds. The van der Waals surface area contributed by atoms with Crippen molar-refractivity contribution in [1.29, 1.82) is 0 Å². The number of anilines is 1. The van der Waals surface area contributed by atoms with Crippen LogP contribution < -0.4 is 10.7 Å². The highest BCUT2D eigenvalue weighted by molar-refractivity contribution is 14.1. The van der Waals surface area contributed by atoms with E-state index < -0.39 is 6.23 Å². The quantitative estimate of drug-likeness (QED) is 0.154. The molecule has 1 heterocycles. The largest absolute Gasteiger partial charge is 0.373 e. The van der Waals surface area contributed by atoms with Gasteiger partial charge in [-0.05, 0) is 75.5 Å². The summed E-state index contributed by atoms with van der Waals surface area (Å²) in [5, 5.41) is 15.8. The Kier molecular flexibility index (Phi) is 6.11. The molecule has 0 bridgehead atoms. The average Bonchev–Trinajstić information content (AvgIpc) is 2.81. The first kappa shape index (κ1) is 21.6. The van der Waals surface area contributed by atoms with Gasteiger partial charge in [0.15, 0.2) is 5.43 Å². The van der Waals surface area contributed by atoms with E-state index in [0.29, 0.717) is 18.7 Å². The SMILES string of the molecule is O=c1ccc2c(ccc3nc(NC(O)Cc4ccc(I)cc4)c(Cc4ccccc4)[nH]c32)c1. The van der Waals surface area contributed by atoms with E-state index in [1.54, 1.807) is 12.1 Å². The first-order valence-electron chi connectivity index (χ1n) is 10.7. The predicted octanol–water partition coefficient (Wildman–Crippen LogP) is 5.24. The van der Waals surface area contributed by atoms with Crippen molar-refractivity contribution in [1.82, 2.24) is 9.97 Å². The van der Waals surface area contributed by atoms with Gasteiger partial charge < -0.3 is 15.4 Å². The normalized spacial score (nSPS) is 12.2. The summed E-state index contributed by atoms with van der Waals surface area (Å²) in [6.07, 6.45) is 0.297. The fraction of sp³-hybridized carbons (Fsp3) is 0.111. The van der Waals surface area contributed by atoms with E-state index in [1.165, 1.54) is 0 Å². The second-order valence-corrected chi connectivity index (χ2v) is 9.31. The van der Waals surface area contributed by atoms with Crippen molar-refractivity contribution in [3.63, 3.8) is 0 Å². The molecule has 0 aliphatic rings. The Morgan fingerprint density at radius 2 is 1.73 bits per heavy atom. The maximum atomic E-state index is 11.8. The lowest BCUT2D eigenvalue weighted by Crippen LogP contribution is -2.23. The lowest BCUT2D eigenvalue weighted by Gasteiger charge is -2.18. The monoisotopic (exact) mass is 547 g/mol. The number of aliphatic hydroxyl groups is 1. The van der Waals surface area contributed by atoms with Gasteiger partial charge in [0.1, 0.15) is 12.0 Å². The van der Waals surface area contributed by atoms with Gasteiger partial charge in [0, 0.05) is 21.8 Å². The number of hydrogen-bond acceptors (Lipinski definition) is 4. The molecule has 0 aliphatic heterocycles. The number of benzene rings is 4. The van der Waals surface area contributed by atoms with Crippen LogP contribution >= 0.6 is 22.6 Å². The van der Waals surface area contributed by atoms with E-state index in [2.05, 4.69) is 45.0 Å². The summed E-state index contributed by atoms with van der Waals surface area (Å²) < 4.78 is 1.16. The minimum absolute atomic E-state index is 0.0173. The molecule has 0 fully saturated rings. The Morgan fingerprint density at radius 3 is 2.52 bits per heavy atom. The molecule has 1 unspecified atom stereocenters. The van der Waals surface area contributed by atoms with E-state index in [0.717, 1.165) is 42.2 Å². The van der Waals surface area contributed by atoms with E-state index >= 15 is 0 Å². The molecule has 5 nitrogen and oxygen atoms in total. The first-order chi connectivity index (χ1) is 16.0. The van der Waals surface area contributed by atoms with E-state index in [-0.39, 0.29) is 5.43 Å². The number of aromatic amines is 1. The van der Waals surface area contributed by atoms with Crippen molar-refractivity contribution in [2.24, 2.45) is 0 Å². The van der Waals surface area contributed by atoms with Crippen molar-refractivity contribution in [2.45, 2.75) is 19.1 Å². The van der Waals surface area contributed by atoms with Crippen LogP contribution in [0.1, 0.15) is 16.8 Å². The van der Waals surface area contributed by atoms with Gasteiger partial charge in [-0.15, -0.1) is 0 Å². The van der Waals surface area contributed by atoms with E-state index in [9.17, 15) is 9.90 Å². The molecule has 3 N–H and O–H groups in total. The smallest absolute Gasteiger partial charge is 0.179 e. The highest BCUT2D eigenvalue weighted by Gasteiger charge is 2.14. The summed E-state index contributed by atoms with van der Waals surface area (Å²) >= 11 is 2.27. The van der Waals surface area contributed by atoms with Gasteiger partial charge in [-0.1, -0.05) is 48.5 Å². The molecule has 4 aromatic carbocycles. The van der Waals surface area contributed by atoms with Gasteiger partial charge in [-0.3, -0.25) is 4.79 Å². The maximum Gasteiger partial charge on any atom is 0.179 e. The number of halogens is 1. The Morgan fingerprint density at radius 1 is 0.939 bits per heavy atom. The number of hydrogen-bond donors (Lipinski definition) is 3. The Balaban J connectivity index is 1.55. The minimum atomic E-state index is -0.790. The summed E-state index contributed by atoms with van der Waals surface area (Å²) in [5.74, 6) is 0.615. The summed E-state index contributed by atoms with van der Waals surface area (Å²) in [6.45, 7) is 0. The lowest BCUT2D eigenvalue weighted by atomic mass is 10.1. The first-order valence-corrected chi connectivity index (χ1v) is 11.8. The van der Waals surface area contributed by atoms with Crippen LogP contribution in [0.3, 0.4) is 0 Å². The van der Waals surface area contributed by atoms with Crippen LogP contribution in [0.4, 0.5) is 5.82 Å². The number of H-pyrrole nitrogens is 1. The highest BCUT2D eigenvalue weighted by atomic mass is 127. The molecule has 0 saturated carbocycles. The fourth-order valence-corrected chi connectivity index (χ4v) is 4.38. The number of fused-ring (bicyclic) bond motifs is 3. The summed E-state index contributed by atoms with van der Waals surface area (Å²) in [7, 11) is 0. The lowest BCUT2D eigenvalue weighted by molar-refractivity contribution is 0.203. The van der Waals surface area contributed by atoms with Gasteiger partial charge in [0.05, 0.1) is 16.7 Å². The zero-order chi connectivity index (χ0) is 22.8. The number of rotatable bonds is 6. The minimum Gasteiger partial charge on any atom is -0.373 e. The maximum absolute atomic E-state index is 11.8. The van der Waals surface area contributed by atoms with Crippen LogP contribution in [0.15, 0.2) is 89.7 Å². The number of aliphatic hydroxyl groups excluding tert-OH is 1. The second kappa shape index (κ2) is 9.33. The Labute approximate surface area is 204 Å². The predicted molar refractivity (Wildman–Crippen MR) is 142 cm³/mol. The summed E-state index contributed by atoms with van der Waals surface area (Å²) in [6, 6.07) is 27.1. The van der Waals surface area contributed by atoms with Crippen LogP contribution in [0.25, 0.3) is 21.8 Å². The van der Waals surface area contributed by atoms with Gasteiger partial charge in [-0.25, -0.2) is 4.98 Å². The Hall–Kier alpha value is -3.23. The van der Waals surface area contributed by atoms with Crippen molar-refractivity contribution in [3.05, 3.63) is 116 Å². The number of aromatic nitrogens is 2. The molecule has 0 radical (unpaired) electrons. The van der Waals surface area contributed by atoms with Gasteiger partial charge in [0.25, 0.3) is 0 Å². The summed E-state index contributed by atoms with van der Waals surface area (Å²) in [5.41, 5.74) is 4.67. The van der Waals surface area contributed by atoms with Crippen LogP contribution in [0.5, 0.6) is 0 Å². The average molecular weight is 547 g/mol. The van der Waals surface area contributed by atoms with Crippen molar-refractivity contribution < 1.29 is 5.11 Å². The molecule has 1 aromatic heterocycles. The van der Waals surface area contributed by atoms with E-state index in [4.69, 9.17) is 4.98 Å². The molecule has 5 rings (SSSR count). The van der Waals surface area contributed by atoms with Crippen molar-refractivity contribution >= 4 is 50.2 Å². The third-order valence-corrected chi connectivity index (χ3v) is 6.35. The number of nitrogens with zero attached hydrogens (tertiary/aromatic N) is 1. The van der Waals surface area contributed by atoms with Crippen LogP contribution in [-0.4, -0.2) is 21.3 Å². The highest BCUT2D eigenvalue weighted by Crippen LogP contribution is 2.26.